The van der Waals surface area contributed by atoms with Crippen LogP contribution in [0.2, 0.25) is 0 Å². The molecule has 2 rings (SSSR count). The number of carbonyl (C=O) groups excluding carboxylic acids is 5. The first-order valence-electron chi connectivity index (χ1n) is 13.5. The molecule has 11 heteroatoms. The number of benzene rings is 1. The van der Waals surface area contributed by atoms with Crippen LogP contribution in [0.1, 0.15) is 83.5 Å². The maximum atomic E-state index is 13.3. The third kappa shape index (κ3) is 8.69. The molecule has 0 saturated carbocycles. The molecule has 1 aliphatic rings. The smallest absolute Gasteiger partial charge is 0.332 e. The average Bonchev–Trinajstić information content (AvgIpc) is 2.92. The number of nitrogens with one attached hydrogen (secondary N) is 2. The number of phenolic OH excluding ortho intramolecular Hbond substituents is 1. The van der Waals surface area contributed by atoms with E-state index in [0.717, 1.165) is 12.8 Å². The zero-order valence-corrected chi connectivity index (χ0v) is 23.2. The molecule has 39 heavy (non-hydrogen) atoms. The second kappa shape index (κ2) is 15.1. The minimum Gasteiger partial charge on any atom is -0.505 e. The number of para-hydroxylation sites is 1. The van der Waals surface area contributed by atoms with Crippen LogP contribution in [0, 0.1) is 11.8 Å². The Morgan fingerprint density at radius 2 is 1.82 bits per heavy atom. The van der Waals surface area contributed by atoms with Crippen LogP contribution >= 0.6 is 0 Å². The molecule has 3 N–H and O–H groups in total. The number of aromatic hydroxyl groups is 1. The molecule has 6 unspecified atom stereocenters. The summed E-state index contributed by atoms with van der Waals surface area (Å²) in [7, 11) is 0. The summed E-state index contributed by atoms with van der Waals surface area (Å²) in [5.74, 6) is -3.94. The van der Waals surface area contributed by atoms with Gasteiger partial charge in [0.1, 0.15) is 12.2 Å². The lowest BCUT2D eigenvalue weighted by molar-refractivity contribution is -0.175. The number of hydrogen-bond donors (Lipinski definition) is 3. The van der Waals surface area contributed by atoms with Gasteiger partial charge in [-0.15, -0.1) is 0 Å². The molecule has 6 atom stereocenters. The Kier molecular flexibility index (Phi) is 12.2. The summed E-state index contributed by atoms with van der Waals surface area (Å²) < 4.78 is 16.9. The number of amides is 2. The molecule has 2 amide bonds. The Bertz CT molecular complexity index is 1030. The van der Waals surface area contributed by atoms with Gasteiger partial charge < -0.3 is 30.0 Å². The Morgan fingerprint density at radius 1 is 1.13 bits per heavy atom. The molecule has 1 heterocycles. The number of unbranched alkanes of at least 4 members (excludes halogenated alkanes) is 1. The first-order valence-corrected chi connectivity index (χ1v) is 13.5. The third-order valence-corrected chi connectivity index (χ3v) is 6.95. The van der Waals surface area contributed by atoms with Gasteiger partial charge in [-0.2, -0.15) is 0 Å². The fraction of sp³-hybridized carbons (Fsp3) is 0.607. The van der Waals surface area contributed by atoms with E-state index in [1.807, 2.05) is 20.8 Å². The molecule has 1 fully saturated rings. The molecule has 1 aromatic rings. The predicted octanol–water partition coefficient (Wildman–Crippen LogP) is 3.48. The molecular weight excluding hydrogens is 508 g/mol. The Labute approximate surface area is 228 Å². The van der Waals surface area contributed by atoms with Crippen LogP contribution in [0.25, 0.3) is 0 Å². The van der Waals surface area contributed by atoms with Gasteiger partial charge in [-0.1, -0.05) is 46.1 Å². The third-order valence-electron chi connectivity index (χ3n) is 6.95. The average molecular weight is 549 g/mol. The molecule has 0 spiro atoms. The van der Waals surface area contributed by atoms with E-state index >= 15 is 0 Å². The summed E-state index contributed by atoms with van der Waals surface area (Å²) in [5.41, 5.74) is -0.213. The highest BCUT2D eigenvalue weighted by Gasteiger charge is 2.43. The minimum absolute atomic E-state index is 0.000421. The number of anilines is 1. The maximum Gasteiger partial charge on any atom is 0.332 e. The molecule has 0 bridgehead atoms. The molecular formula is C28H40N2O9. The highest BCUT2D eigenvalue weighted by molar-refractivity contribution is 6.01. The van der Waals surface area contributed by atoms with Crippen molar-refractivity contribution in [3.05, 3.63) is 23.8 Å². The first-order chi connectivity index (χ1) is 18.5. The number of esters is 3. The van der Waals surface area contributed by atoms with E-state index in [0.29, 0.717) is 31.6 Å². The zero-order chi connectivity index (χ0) is 29.1. The van der Waals surface area contributed by atoms with Crippen molar-refractivity contribution in [2.75, 3.05) is 5.32 Å². The second-order valence-corrected chi connectivity index (χ2v) is 9.95. The second-order valence-electron chi connectivity index (χ2n) is 9.95. The monoisotopic (exact) mass is 548 g/mol. The summed E-state index contributed by atoms with van der Waals surface area (Å²) >= 11 is 0. The Balaban J connectivity index is 2.31. The molecule has 0 aliphatic carbocycles. The number of phenols is 1. The topological polar surface area (TPSA) is 157 Å². The van der Waals surface area contributed by atoms with Gasteiger partial charge in [-0.05, 0) is 44.7 Å². The first kappa shape index (κ1) is 31.6. The number of rotatable bonds is 12. The highest BCUT2D eigenvalue weighted by Crippen LogP contribution is 2.29. The lowest BCUT2D eigenvalue weighted by Gasteiger charge is -2.29. The van der Waals surface area contributed by atoms with E-state index in [-0.39, 0.29) is 17.7 Å². The van der Waals surface area contributed by atoms with Gasteiger partial charge in [0, 0.05) is 6.42 Å². The van der Waals surface area contributed by atoms with E-state index in [9.17, 15) is 29.1 Å². The lowest BCUT2D eigenvalue weighted by Crippen LogP contribution is -2.50. The van der Waals surface area contributed by atoms with Crippen LogP contribution in [0.15, 0.2) is 18.2 Å². The van der Waals surface area contributed by atoms with Crippen molar-refractivity contribution < 1.29 is 43.3 Å². The van der Waals surface area contributed by atoms with Crippen molar-refractivity contribution in [2.45, 2.75) is 97.5 Å². The van der Waals surface area contributed by atoms with Gasteiger partial charge in [-0.25, -0.2) is 4.79 Å². The van der Waals surface area contributed by atoms with Gasteiger partial charge in [0.05, 0.1) is 17.2 Å². The van der Waals surface area contributed by atoms with Crippen LogP contribution in [-0.2, 0) is 33.4 Å². The molecule has 1 aromatic carbocycles. The predicted molar refractivity (Wildman–Crippen MR) is 142 cm³/mol. The quantitative estimate of drug-likeness (QED) is 0.154. The fourth-order valence-electron chi connectivity index (χ4n) is 4.28. The van der Waals surface area contributed by atoms with Crippen molar-refractivity contribution in [1.29, 1.82) is 0 Å². The van der Waals surface area contributed by atoms with Crippen molar-refractivity contribution in [2.24, 2.45) is 11.8 Å². The van der Waals surface area contributed by atoms with Crippen LogP contribution in [0.5, 0.6) is 5.75 Å². The van der Waals surface area contributed by atoms with Gasteiger partial charge in [0.2, 0.25) is 6.41 Å². The number of carbonyl (C=O) groups is 5. The van der Waals surface area contributed by atoms with Gasteiger partial charge in [0.15, 0.2) is 17.9 Å². The maximum absolute atomic E-state index is 13.3. The Hall–Kier alpha value is -3.63. The largest absolute Gasteiger partial charge is 0.505 e. The van der Waals surface area contributed by atoms with Gasteiger partial charge >= 0.3 is 17.9 Å². The van der Waals surface area contributed by atoms with Crippen molar-refractivity contribution in [3.63, 3.8) is 0 Å². The normalized spacial score (nSPS) is 24.2. The van der Waals surface area contributed by atoms with Crippen molar-refractivity contribution >= 4 is 35.9 Å². The van der Waals surface area contributed by atoms with E-state index in [4.69, 9.17) is 14.2 Å². The summed E-state index contributed by atoms with van der Waals surface area (Å²) in [6.07, 6.45) is 0.641. The minimum atomic E-state index is -1.42. The fourth-order valence-corrected chi connectivity index (χ4v) is 4.28. The molecule has 0 radical (unpaired) electrons. The lowest BCUT2D eigenvalue weighted by atomic mass is 9.92. The molecule has 1 saturated heterocycles. The van der Waals surface area contributed by atoms with E-state index in [1.54, 1.807) is 0 Å². The van der Waals surface area contributed by atoms with Crippen molar-refractivity contribution in [1.82, 2.24) is 5.32 Å². The van der Waals surface area contributed by atoms with Gasteiger partial charge in [0.25, 0.3) is 5.91 Å². The summed E-state index contributed by atoms with van der Waals surface area (Å²) in [4.78, 5) is 62.9. The zero-order valence-electron chi connectivity index (χ0n) is 23.2. The van der Waals surface area contributed by atoms with E-state index in [1.165, 1.54) is 32.0 Å². The summed E-state index contributed by atoms with van der Waals surface area (Å²) in [5, 5.41) is 15.1. The number of cyclic esters (lactones) is 2. The molecule has 216 valence electrons. The SMILES string of the molecule is CCCCC1C(=O)OC(C)C(NC(=O)c2cccc(NC=O)c2O)C(=O)OC(C)C1OC(=O)CCC(C)CC. The van der Waals surface area contributed by atoms with Crippen LogP contribution < -0.4 is 10.6 Å². The molecule has 0 aromatic heterocycles. The molecule has 11 nitrogen and oxygen atoms in total. The highest BCUT2D eigenvalue weighted by atomic mass is 16.6. The summed E-state index contributed by atoms with van der Waals surface area (Å²) in [6, 6.07) is 2.71. The standard InChI is InChI=1S/C28H40N2O9/c1-6-8-10-20-25(39-22(32)14-13-16(3)7-2)18(5)38-28(36)23(17(4)37-27(20)35)30-26(34)19-11-9-12-21(24(19)33)29-15-31/h9,11-12,15-18,20,23,25,33H,6-8,10,13-14H2,1-5H3,(H,29,31)(H,30,34). The van der Waals surface area contributed by atoms with Crippen LogP contribution in [-0.4, -0.2) is 59.7 Å². The van der Waals surface area contributed by atoms with Crippen LogP contribution in [0.4, 0.5) is 5.69 Å². The van der Waals surface area contributed by atoms with E-state index < -0.39 is 59.8 Å². The summed E-state index contributed by atoms with van der Waals surface area (Å²) in [6.45, 7) is 8.99. The van der Waals surface area contributed by atoms with Gasteiger partial charge in [-0.3, -0.25) is 19.2 Å². The van der Waals surface area contributed by atoms with E-state index in [2.05, 4.69) is 10.6 Å². The van der Waals surface area contributed by atoms with Crippen LogP contribution in [0.3, 0.4) is 0 Å². The number of ether oxygens (including phenoxy) is 3. The Morgan fingerprint density at radius 3 is 2.46 bits per heavy atom. The molecule has 1 aliphatic heterocycles. The number of hydrogen-bond acceptors (Lipinski definition) is 9. The van der Waals surface area contributed by atoms with Crippen molar-refractivity contribution in [3.8, 4) is 5.75 Å².